The molecule has 0 radical (unpaired) electrons. The van der Waals surface area contributed by atoms with Crippen LogP contribution in [-0.4, -0.2) is 22.4 Å². The van der Waals surface area contributed by atoms with Gasteiger partial charge in [-0.15, -0.1) is 0 Å². The average Bonchev–Trinajstić information content (AvgIpc) is 3.42. The van der Waals surface area contributed by atoms with E-state index < -0.39 is 5.97 Å². The van der Waals surface area contributed by atoms with Gasteiger partial charge in [0.05, 0.1) is 6.54 Å². The molecule has 4 aromatic carbocycles. The van der Waals surface area contributed by atoms with Gasteiger partial charge in [0, 0.05) is 23.2 Å². The molecule has 2 heterocycles. The number of hydrogen-bond acceptors (Lipinski definition) is 5. The van der Waals surface area contributed by atoms with E-state index >= 15 is 0 Å². The molecule has 0 fully saturated rings. The molecule has 1 aliphatic heterocycles. The van der Waals surface area contributed by atoms with E-state index in [1.807, 2.05) is 78.9 Å². The minimum Gasteiger partial charge on any atom is -0.477 e. The lowest BCUT2D eigenvalue weighted by Gasteiger charge is -2.19. The molecule has 6 rings (SSSR count). The summed E-state index contributed by atoms with van der Waals surface area (Å²) < 4.78 is 12.2. The number of aromatic carboxylic acids is 1. The highest BCUT2D eigenvalue weighted by molar-refractivity contribution is 6.07. The second kappa shape index (κ2) is 9.78. The van der Waals surface area contributed by atoms with Crippen LogP contribution in [0.4, 0.5) is 5.69 Å². The highest BCUT2D eigenvalue weighted by Crippen LogP contribution is 2.35. The zero-order chi connectivity index (χ0) is 26.1. The number of anilines is 1. The summed E-state index contributed by atoms with van der Waals surface area (Å²) in [6, 6.07) is 30.1. The third kappa shape index (κ3) is 4.35. The van der Waals surface area contributed by atoms with Crippen molar-refractivity contribution in [1.29, 1.82) is 0 Å². The molecule has 7 nitrogen and oxygen atoms in total. The summed E-state index contributed by atoms with van der Waals surface area (Å²) >= 11 is 0. The van der Waals surface area contributed by atoms with E-state index in [2.05, 4.69) is 5.32 Å². The molecule has 7 heteroatoms. The van der Waals surface area contributed by atoms with Crippen molar-refractivity contribution in [3.05, 3.63) is 124 Å². The highest BCUT2D eigenvalue weighted by atomic mass is 16.7. The van der Waals surface area contributed by atoms with Crippen molar-refractivity contribution in [2.45, 2.75) is 13.1 Å². The SMILES string of the molecule is O=C(O)c1c(-c2ccccc2)c2cc(NCc3ccccc3)ccc2c(=O)n1Cc1ccc2c(c1)OCO2. The zero-order valence-electron chi connectivity index (χ0n) is 20.4. The first-order chi connectivity index (χ1) is 18.6. The Kier molecular flexibility index (Phi) is 6.01. The van der Waals surface area contributed by atoms with Crippen LogP contribution in [0, 0.1) is 0 Å². The Labute approximate surface area is 218 Å². The number of rotatable bonds is 7. The summed E-state index contributed by atoms with van der Waals surface area (Å²) in [4.78, 5) is 26.6. The Hall–Kier alpha value is -5.04. The van der Waals surface area contributed by atoms with Crippen LogP contribution in [-0.2, 0) is 13.1 Å². The third-order valence-corrected chi connectivity index (χ3v) is 6.65. The van der Waals surface area contributed by atoms with Gasteiger partial charge in [0.2, 0.25) is 6.79 Å². The lowest BCUT2D eigenvalue weighted by Crippen LogP contribution is -2.28. The van der Waals surface area contributed by atoms with E-state index in [0.29, 0.717) is 34.4 Å². The van der Waals surface area contributed by atoms with Crippen molar-refractivity contribution in [2.24, 2.45) is 0 Å². The molecule has 0 aliphatic carbocycles. The van der Waals surface area contributed by atoms with Crippen LogP contribution in [0.5, 0.6) is 11.5 Å². The van der Waals surface area contributed by atoms with Crippen LogP contribution in [0.15, 0.2) is 102 Å². The fraction of sp³-hybridized carbons (Fsp3) is 0.0968. The van der Waals surface area contributed by atoms with Crippen LogP contribution in [0.3, 0.4) is 0 Å². The number of carbonyl (C=O) groups is 1. The maximum absolute atomic E-state index is 13.8. The standard InChI is InChI=1S/C31H24N2O5/c34-30-24-13-12-23(32-17-20-7-3-1-4-8-20)16-25(24)28(22-9-5-2-6-10-22)29(31(35)36)33(30)18-21-11-14-26-27(15-21)38-19-37-26/h1-16,32H,17-19H2,(H,35,36). The maximum atomic E-state index is 13.8. The Morgan fingerprint density at radius 1 is 0.816 bits per heavy atom. The second-order valence-corrected chi connectivity index (χ2v) is 9.07. The molecule has 0 bridgehead atoms. The molecule has 0 amide bonds. The first-order valence-electron chi connectivity index (χ1n) is 12.2. The van der Waals surface area contributed by atoms with Crippen molar-refractivity contribution in [3.8, 4) is 22.6 Å². The molecular weight excluding hydrogens is 480 g/mol. The number of carboxylic acid groups (broad SMARTS) is 1. The third-order valence-electron chi connectivity index (χ3n) is 6.65. The first-order valence-corrected chi connectivity index (χ1v) is 12.2. The summed E-state index contributed by atoms with van der Waals surface area (Å²) in [6.45, 7) is 0.800. The van der Waals surface area contributed by atoms with Gasteiger partial charge in [-0.3, -0.25) is 9.36 Å². The molecule has 5 aromatic rings. The molecule has 38 heavy (non-hydrogen) atoms. The number of aromatic nitrogens is 1. The zero-order valence-corrected chi connectivity index (χ0v) is 20.4. The van der Waals surface area contributed by atoms with Crippen molar-refractivity contribution >= 4 is 22.4 Å². The Balaban J connectivity index is 1.52. The van der Waals surface area contributed by atoms with Gasteiger partial charge >= 0.3 is 5.97 Å². The predicted octanol–water partition coefficient (Wildman–Crippen LogP) is 5.76. The molecule has 0 saturated heterocycles. The normalized spacial score (nSPS) is 12.0. The minimum atomic E-state index is -1.17. The van der Waals surface area contributed by atoms with E-state index in [4.69, 9.17) is 9.47 Å². The minimum absolute atomic E-state index is 0.0634. The van der Waals surface area contributed by atoms with E-state index in [-0.39, 0.29) is 24.6 Å². The highest BCUT2D eigenvalue weighted by Gasteiger charge is 2.24. The van der Waals surface area contributed by atoms with Crippen molar-refractivity contribution < 1.29 is 19.4 Å². The largest absolute Gasteiger partial charge is 0.477 e. The number of benzene rings is 4. The van der Waals surface area contributed by atoms with Crippen LogP contribution < -0.4 is 20.3 Å². The first kappa shape index (κ1) is 23.4. The molecule has 1 aromatic heterocycles. The molecular formula is C31H24N2O5. The van der Waals surface area contributed by atoms with Gasteiger partial charge in [-0.1, -0.05) is 66.7 Å². The van der Waals surface area contributed by atoms with Crippen LogP contribution in [0.1, 0.15) is 21.6 Å². The smallest absolute Gasteiger partial charge is 0.353 e. The van der Waals surface area contributed by atoms with Gasteiger partial charge in [-0.05, 0) is 52.4 Å². The molecule has 1 aliphatic rings. The second-order valence-electron chi connectivity index (χ2n) is 9.07. The molecule has 0 unspecified atom stereocenters. The number of nitrogens with one attached hydrogen (secondary N) is 1. The quantitative estimate of drug-likeness (QED) is 0.293. The number of fused-ring (bicyclic) bond motifs is 2. The molecule has 0 saturated carbocycles. The monoisotopic (exact) mass is 504 g/mol. The van der Waals surface area contributed by atoms with Crippen LogP contribution in [0.2, 0.25) is 0 Å². The van der Waals surface area contributed by atoms with E-state index in [9.17, 15) is 14.7 Å². The summed E-state index contributed by atoms with van der Waals surface area (Å²) in [6.07, 6.45) is 0. The Morgan fingerprint density at radius 2 is 1.55 bits per heavy atom. The lowest BCUT2D eigenvalue weighted by atomic mass is 9.96. The maximum Gasteiger partial charge on any atom is 0.353 e. The van der Waals surface area contributed by atoms with E-state index in [1.165, 1.54) is 4.57 Å². The topological polar surface area (TPSA) is 89.8 Å². The van der Waals surface area contributed by atoms with Gasteiger partial charge in [0.15, 0.2) is 11.5 Å². The van der Waals surface area contributed by atoms with Crippen molar-refractivity contribution in [1.82, 2.24) is 4.57 Å². The molecule has 0 atom stereocenters. The van der Waals surface area contributed by atoms with Gasteiger partial charge in [0.1, 0.15) is 5.69 Å². The number of nitrogens with zero attached hydrogens (tertiary/aromatic N) is 1. The van der Waals surface area contributed by atoms with Crippen molar-refractivity contribution in [3.63, 3.8) is 0 Å². The van der Waals surface area contributed by atoms with Gasteiger partial charge in [-0.2, -0.15) is 0 Å². The average molecular weight is 505 g/mol. The van der Waals surface area contributed by atoms with Crippen LogP contribution >= 0.6 is 0 Å². The number of carboxylic acids is 1. The summed E-state index contributed by atoms with van der Waals surface area (Å²) in [5, 5.41) is 14.8. The molecule has 2 N–H and O–H groups in total. The van der Waals surface area contributed by atoms with Crippen molar-refractivity contribution in [2.75, 3.05) is 12.1 Å². The summed E-state index contributed by atoms with van der Waals surface area (Å²) in [5.41, 5.74) is 3.42. The molecule has 188 valence electrons. The van der Waals surface area contributed by atoms with Gasteiger partial charge < -0.3 is 19.9 Å². The number of ether oxygens (including phenoxy) is 2. The lowest BCUT2D eigenvalue weighted by molar-refractivity contribution is 0.0685. The fourth-order valence-corrected chi connectivity index (χ4v) is 4.85. The van der Waals surface area contributed by atoms with Gasteiger partial charge in [-0.25, -0.2) is 4.79 Å². The van der Waals surface area contributed by atoms with Gasteiger partial charge in [0.25, 0.3) is 5.56 Å². The summed E-state index contributed by atoms with van der Waals surface area (Å²) in [7, 11) is 0. The van der Waals surface area contributed by atoms with E-state index in [1.54, 1.807) is 18.2 Å². The predicted molar refractivity (Wildman–Crippen MR) is 146 cm³/mol. The summed E-state index contributed by atoms with van der Waals surface area (Å²) in [5.74, 6) is 0.0236. The number of hydrogen-bond donors (Lipinski definition) is 2. The fourth-order valence-electron chi connectivity index (χ4n) is 4.85. The van der Waals surface area contributed by atoms with E-state index in [0.717, 1.165) is 22.4 Å². The Bertz CT molecular complexity index is 1710. The van der Waals surface area contributed by atoms with Crippen LogP contribution in [0.25, 0.3) is 21.9 Å². The molecule has 0 spiro atoms. The Morgan fingerprint density at radius 3 is 2.32 bits per heavy atom. The number of pyridine rings is 1.